The molecular weight excluding hydrogens is 336 g/mol. The lowest BCUT2D eigenvalue weighted by Crippen LogP contribution is -2.24. The van der Waals surface area contributed by atoms with Gasteiger partial charge in [-0.2, -0.15) is 0 Å². The second-order valence-electron chi connectivity index (χ2n) is 4.13. The first kappa shape index (κ1) is 15.9. The van der Waals surface area contributed by atoms with Gasteiger partial charge in [0, 0.05) is 34.1 Å². The van der Waals surface area contributed by atoms with Crippen LogP contribution in [0.25, 0.3) is 0 Å². The highest BCUT2D eigenvalue weighted by molar-refractivity contribution is 9.10. The summed E-state index contributed by atoms with van der Waals surface area (Å²) in [6.45, 7) is 2.39. The molecule has 0 saturated heterocycles. The average Bonchev–Trinajstić information content (AvgIpc) is 2.33. The van der Waals surface area contributed by atoms with Crippen LogP contribution in [0.3, 0.4) is 0 Å². The highest BCUT2D eigenvalue weighted by atomic mass is 79.9. The molecule has 0 bridgehead atoms. The highest BCUT2D eigenvalue weighted by Crippen LogP contribution is 2.21. The van der Waals surface area contributed by atoms with E-state index in [-0.39, 0.29) is 22.5 Å². The molecule has 1 N–H and O–H groups in total. The number of hydrogen-bond acceptors (Lipinski definition) is 3. The number of rotatable bonds is 6. The average molecular weight is 350 g/mol. The van der Waals surface area contributed by atoms with Crippen LogP contribution in [0.4, 0.5) is 5.69 Å². The van der Waals surface area contributed by atoms with Crippen molar-refractivity contribution in [2.45, 2.75) is 25.1 Å². The van der Waals surface area contributed by atoms with Crippen molar-refractivity contribution in [1.82, 2.24) is 5.32 Å². The van der Waals surface area contributed by atoms with E-state index >= 15 is 0 Å². The van der Waals surface area contributed by atoms with Crippen LogP contribution in [0.1, 0.15) is 30.1 Å². The molecular formula is C12H14BrClN2O3. The van der Waals surface area contributed by atoms with Crippen LogP contribution < -0.4 is 5.32 Å². The molecule has 104 valence electrons. The molecule has 7 heteroatoms. The van der Waals surface area contributed by atoms with Crippen molar-refractivity contribution < 1.29 is 9.72 Å². The van der Waals surface area contributed by atoms with E-state index in [0.717, 1.165) is 12.8 Å². The van der Waals surface area contributed by atoms with Crippen LogP contribution in [0.5, 0.6) is 0 Å². The monoisotopic (exact) mass is 348 g/mol. The number of nitro benzene ring substituents is 1. The third-order valence-corrected chi connectivity index (χ3v) is 3.10. The molecule has 0 saturated carbocycles. The summed E-state index contributed by atoms with van der Waals surface area (Å²) in [4.78, 5) is 22.0. The number of alkyl halides is 1. The number of non-ortho nitro benzene ring substituents is 1. The molecule has 1 amide bonds. The fourth-order valence-electron chi connectivity index (χ4n) is 1.50. The van der Waals surface area contributed by atoms with Gasteiger partial charge in [0.15, 0.2) is 0 Å². The molecule has 1 atom stereocenters. The third kappa shape index (κ3) is 5.57. The first-order chi connectivity index (χ1) is 8.90. The molecule has 0 fully saturated rings. The van der Waals surface area contributed by atoms with E-state index in [2.05, 4.69) is 21.2 Å². The number of amides is 1. The molecule has 19 heavy (non-hydrogen) atoms. The maximum atomic E-state index is 11.8. The van der Waals surface area contributed by atoms with Crippen molar-refractivity contribution in [2.24, 2.45) is 0 Å². The van der Waals surface area contributed by atoms with Gasteiger partial charge in [-0.25, -0.2) is 0 Å². The van der Waals surface area contributed by atoms with Crippen molar-refractivity contribution in [3.8, 4) is 0 Å². The Balaban J connectivity index is 2.64. The number of hydrogen-bond donors (Lipinski definition) is 1. The Morgan fingerprint density at radius 3 is 2.79 bits per heavy atom. The molecule has 5 nitrogen and oxygen atoms in total. The van der Waals surface area contributed by atoms with Gasteiger partial charge < -0.3 is 5.32 Å². The number of nitrogens with one attached hydrogen (secondary N) is 1. The van der Waals surface area contributed by atoms with Gasteiger partial charge in [-0.1, -0.05) is 15.9 Å². The second kappa shape index (κ2) is 7.45. The van der Waals surface area contributed by atoms with Gasteiger partial charge in [0.25, 0.3) is 11.6 Å². The van der Waals surface area contributed by atoms with Crippen LogP contribution in [-0.4, -0.2) is 22.8 Å². The Hall–Kier alpha value is -1.14. The van der Waals surface area contributed by atoms with Crippen molar-refractivity contribution in [3.05, 3.63) is 38.3 Å². The number of halogens is 2. The van der Waals surface area contributed by atoms with Crippen LogP contribution in [0.15, 0.2) is 22.7 Å². The normalized spacial score (nSPS) is 11.9. The van der Waals surface area contributed by atoms with Crippen molar-refractivity contribution in [1.29, 1.82) is 0 Å². The van der Waals surface area contributed by atoms with Gasteiger partial charge >= 0.3 is 0 Å². The lowest BCUT2D eigenvalue weighted by atomic mass is 10.2. The summed E-state index contributed by atoms with van der Waals surface area (Å²) in [5.74, 6) is -0.327. The molecule has 0 aromatic heterocycles. The summed E-state index contributed by atoms with van der Waals surface area (Å²) < 4.78 is 0.501. The minimum atomic E-state index is -0.531. The van der Waals surface area contributed by atoms with Gasteiger partial charge in [-0.15, -0.1) is 11.6 Å². The van der Waals surface area contributed by atoms with Gasteiger partial charge in [-0.3, -0.25) is 14.9 Å². The number of nitrogens with zero attached hydrogens (tertiary/aromatic N) is 1. The van der Waals surface area contributed by atoms with E-state index < -0.39 is 4.92 Å². The predicted molar refractivity (Wildman–Crippen MR) is 77.7 cm³/mol. The Labute approximate surface area is 124 Å². The zero-order valence-corrected chi connectivity index (χ0v) is 12.7. The van der Waals surface area contributed by atoms with Gasteiger partial charge in [-0.05, 0) is 25.8 Å². The Morgan fingerprint density at radius 2 is 2.21 bits per heavy atom. The van der Waals surface area contributed by atoms with E-state index in [1.54, 1.807) is 6.07 Å². The number of carbonyl (C=O) groups is 1. The quantitative estimate of drug-likeness (QED) is 0.370. The van der Waals surface area contributed by atoms with E-state index in [0.29, 0.717) is 11.0 Å². The first-order valence-electron chi connectivity index (χ1n) is 5.77. The number of nitro groups is 1. The standard InChI is InChI=1S/C12H14BrClN2O3/c1-8(14)3-2-4-15-12(17)9-5-10(13)7-11(6-9)16(18)19/h5-8H,2-4H2,1H3,(H,15,17). The van der Waals surface area contributed by atoms with E-state index in [9.17, 15) is 14.9 Å². The fourth-order valence-corrected chi connectivity index (χ4v) is 2.13. The lowest BCUT2D eigenvalue weighted by Gasteiger charge is -2.06. The van der Waals surface area contributed by atoms with Crippen molar-refractivity contribution in [3.63, 3.8) is 0 Å². The zero-order valence-electron chi connectivity index (χ0n) is 10.4. The second-order valence-corrected chi connectivity index (χ2v) is 5.79. The molecule has 1 unspecified atom stereocenters. The summed E-state index contributed by atoms with van der Waals surface area (Å²) in [5.41, 5.74) is 0.147. The summed E-state index contributed by atoms with van der Waals surface area (Å²) in [6.07, 6.45) is 1.58. The maximum absolute atomic E-state index is 11.8. The summed E-state index contributed by atoms with van der Waals surface area (Å²) in [6, 6.07) is 4.16. The SMILES string of the molecule is CC(Cl)CCCNC(=O)c1cc(Br)cc([N+](=O)[O-])c1. The summed E-state index contributed by atoms with van der Waals surface area (Å²) in [5, 5.41) is 13.5. The molecule has 1 aromatic carbocycles. The summed E-state index contributed by atoms with van der Waals surface area (Å²) >= 11 is 8.94. The number of benzene rings is 1. The topological polar surface area (TPSA) is 72.2 Å². The van der Waals surface area contributed by atoms with Crippen LogP contribution in [0.2, 0.25) is 0 Å². The van der Waals surface area contributed by atoms with Crippen LogP contribution in [-0.2, 0) is 0 Å². The van der Waals surface area contributed by atoms with Gasteiger partial charge in [0.1, 0.15) is 0 Å². The molecule has 0 aliphatic carbocycles. The van der Waals surface area contributed by atoms with Crippen LogP contribution in [0, 0.1) is 10.1 Å². The maximum Gasteiger partial charge on any atom is 0.271 e. The first-order valence-corrected chi connectivity index (χ1v) is 7.00. The van der Waals surface area contributed by atoms with Crippen LogP contribution >= 0.6 is 27.5 Å². The minimum absolute atomic E-state index is 0.0730. The Bertz CT molecular complexity index is 480. The molecule has 0 aliphatic rings. The van der Waals surface area contributed by atoms with Crippen molar-refractivity contribution in [2.75, 3.05) is 6.54 Å². The third-order valence-electron chi connectivity index (χ3n) is 2.42. The van der Waals surface area contributed by atoms with E-state index in [4.69, 9.17) is 11.6 Å². The molecule has 1 aromatic rings. The van der Waals surface area contributed by atoms with E-state index in [1.165, 1.54) is 12.1 Å². The number of carbonyl (C=O) groups excluding carboxylic acids is 1. The van der Waals surface area contributed by atoms with Gasteiger partial charge in [0.2, 0.25) is 0 Å². The van der Waals surface area contributed by atoms with Crippen molar-refractivity contribution >= 4 is 39.1 Å². The summed E-state index contributed by atoms with van der Waals surface area (Å²) in [7, 11) is 0. The largest absolute Gasteiger partial charge is 0.352 e. The Morgan fingerprint density at radius 1 is 1.53 bits per heavy atom. The van der Waals surface area contributed by atoms with E-state index in [1.807, 2.05) is 6.92 Å². The molecule has 0 radical (unpaired) electrons. The Kier molecular flexibility index (Phi) is 6.24. The highest BCUT2D eigenvalue weighted by Gasteiger charge is 2.13. The molecule has 1 rings (SSSR count). The smallest absolute Gasteiger partial charge is 0.271 e. The van der Waals surface area contributed by atoms with Gasteiger partial charge in [0.05, 0.1) is 4.92 Å². The minimum Gasteiger partial charge on any atom is -0.352 e. The zero-order chi connectivity index (χ0) is 14.4. The lowest BCUT2D eigenvalue weighted by molar-refractivity contribution is -0.385. The molecule has 0 heterocycles. The fraction of sp³-hybridized carbons (Fsp3) is 0.417. The predicted octanol–water partition coefficient (Wildman–Crippen LogP) is 3.49. The molecule has 0 aliphatic heterocycles. The molecule has 0 spiro atoms.